The Morgan fingerprint density at radius 3 is 2.03 bits per heavy atom. The van der Waals surface area contributed by atoms with Crippen LogP contribution in [0.15, 0.2) is 60.7 Å². The van der Waals surface area contributed by atoms with Gasteiger partial charge in [0.1, 0.15) is 5.82 Å². The van der Waals surface area contributed by atoms with Gasteiger partial charge in [-0.05, 0) is 86.7 Å². The van der Waals surface area contributed by atoms with Crippen LogP contribution in [0.25, 0.3) is 22.0 Å². The molecule has 0 saturated carbocycles. The number of hydrogen-bond acceptors (Lipinski definition) is 2. The molecular formula is C30H32FN3O2. The molecule has 0 radical (unpaired) electrons. The Morgan fingerprint density at radius 1 is 0.861 bits per heavy atom. The summed E-state index contributed by atoms with van der Waals surface area (Å²) in [6, 6.07) is 18.2. The van der Waals surface area contributed by atoms with Crippen molar-refractivity contribution in [3.05, 3.63) is 94.4 Å². The third-order valence-electron chi connectivity index (χ3n) is 6.75. The van der Waals surface area contributed by atoms with Crippen LogP contribution in [0.3, 0.4) is 0 Å². The van der Waals surface area contributed by atoms with Crippen LogP contribution in [0.2, 0.25) is 0 Å². The Hall–Kier alpha value is -3.93. The summed E-state index contributed by atoms with van der Waals surface area (Å²) >= 11 is 0. The number of H-pyrrole nitrogens is 1. The highest BCUT2D eigenvalue weighted by molar-refractivity contribution is 5.96. The van der Waals surface area contributed by atoms with Crippen molar-refractivity contribution in [3.8, 4) is 11.1 Å². The number of carbonyl (C=O) groups is 2. The predicted molar refractivity (Wildman–Crippen MR) is 143 cm³/mol. The van der Waals surface area contributed by atoms with E-state index in [1.807, 2.05) is 64.1 Å². The Labute approximate surface area is 211 Å². The standard InChI is InChI=1S/C30H32FN3O2/c1-5-34(6-2)30(36)24-14-10-22(11-15-24)21-8-12-23(13-9-21)29(35)32-18-17-25-20(4)33-28-26(31)16-7-19(3)27(25)28/h7-16,33H,5-6,17-18H2,1-4H3,(H,32,35). The van der Waals surface area contributed by atoms with Crippen LogP contribution >= 0.6 is 0 Å². The lowest BCUT2D eigenvalue weighted by Gasteiger charge is -2.18. The second-order valence-corrected chi connectivity index (χ2v) is 8.98. The Bertz CT molecular complexity index is 1380. The molecule has 1 aromatic heterocycles. The van der Waals surface area contributed by atoms with Gasteiger partial charge in [-0.3, -0.25) is 9.59 Å². The molecule has 4 aromatic rings. The van der Waals surface area contributed by atoms with Crippen LogP contribution in [0, 0.1) is 19.7 Å². The van der Waals surface area contributed by atoms with E-state index in [4.69, 9.17) is 0 Å². The number of nitrogens with zero attached hydrogens (tertiary/aromatic N) is 1. The zero-order valence-electron chi connectivity index (χ0n) is 21.2. The Morgan fingerprint density at radius 2 is 1.44 bits per heavy atom. The van der Waals surface area contributed by atoms with E-state index in [1.54, 1.807) is 23.1 Å². The van der Waals surface area contributed by atoms with Crippen molar-refractivity contribution in [2.45, 2.75) is 34.1 Å². The fourth-order valence-electron chi connectivity index (χ4n) is 4.67. The zero-order chi connectivity index (χ0) is 25.8. The van der Waals surface area contributed by atoms with Crippen molar-refractivity contribution in [3.63, 3.8) is 0 Å². The Balaban J connectivity index is 1.39. The molecule has 0 unspecified atom stereocenters. The van der Waals surface area contributed by atoms with Crippen molar-refractivity contribution in [1.82, 2.24) is 15.2 Å². The minimum absolute atomic E-state index is 0.0293. The highest BCUT2D eigenvalue weighted by Crippen LogP contribution is 2.28. The summed E-state index contributed by atoms with van der Waals surface area (Å²) < 4.78 is 14.2. The number of nitrogens with one attached hydrogen (secondary N) is 2. The van der Waals surface area contributed by atoms with Gasteiger partial charge in [-0.25, -0.2) is 4.39 Å². The van der Waals surface area contributed by atoms with Gasteiger partial charge in [-0.1, -0.05) is 30.3 Å². The third-order valence-corrected chi connectivity index (χ3v) is 6.75. The number of amides is 2. The average Bonchev–Trinajstić information content (AvgIpc) is 3.24. The van der Waals surface area contributed by atoms with Crippen LogP contribution < -0.4 is 5.32 Å². The molecular weight excluding hydrogens is 453 g/mol. The van der Waals surface area contributed by atoms with Gasteiger partial charge in [0, 0.05) is 41.8 Å². The molecule has 5 nitrogen and oxygen atoms in total. The normalized spacial score (nSPS) is 11.0. The number of aryl methyl sites for hydroxylation is 2. The summed E-state index contributed by atoms with van der Waals surface area (Å²) in [6.45, 7) is 9.65. The first-order valence-corrected chi connectivity index (χ1v) is 12.4. The third kappa shape index (κ3) is 5.03. The van der Waals surface area contributed by atoms with Gasteiger partial charge in [0.25, 0.3) is 11.8 Å². The van der Waals surface area contributed by atoms with E-state index < -0.39 is 0 Å². The maximum atomic E-state index is 14.2. The summed E-state index contributed by atoms with van der Waals surface area (Å²) in [7, 11) is 0. The first-order chi connectivity index (χ1) is 17.3. The molecule has 0 atom stereocenters. The van der Waals surface area contributed by atoms with Gasteiger partial charge in [0.15, 0.2) is 0 Å². The number of carbonyl (C=O) groups excluding carboxylic acids is 2. The fraction of sp³-hybridized carbons (Fsp3) is 0.267. The smallest absolute Gasteiger partial charge is 0.253 e. The zero-order valence-corrected chi connectivity index (χ0v) is 21.2. The molecule has 36 heavy (non-hydrogen) atoms. The largest absolute Gasteiger partial charge is 0.356 e. The molecule has 0 saturated heterocycles. The summed E-state index contributed by atoms with van der Waals surface area (Å²) in [4.78, 5) is 30.2. The average molecular weight is 486 g/mol. The highest BCUT2D eigenvalue weighted by atomic mass is 19.1. The van der Waals surface area contributed by atoms with Gasteiger partial charge < -0.3 is 15.2 Å². The number of fused-ring (bicyclic) bond motifs is 1. The van der Waals surface area contributed by atoms with Gasteiger partial charge in [0.05, 0.1) is 5.52 Å². The molecule has 3 aromatic carbocycles. The monoisotopic (exact) mass is 485 g/mol. The molecule has 0 aliphatic carbocycles. The van der Waals surface area contributed by atoms with Gasteiger partial charge >= 0.3 is 0 Å². The lowest BCUT2D eigenvalue weighted by atomic mass is 10.0. The van der Waals surface area contributed by atoms with Gasteiger partial charge in [-0.15, -0.1) is 0 Å². The SMILES string of the molecule is CCN(CC)C(=O)c1ccc(-c2ccc(C(=O)NCCc3c(C)[nH]c4c(F)ccc(C)c34)cc2)cc1. The van der Waals surface area contributed by atoms with Crippen LogP contribution in [-0.2, 0) is 6.42 Å². The minimum Gasteiger partial charge on any atom is -0.356 e. The summed E-state index contributed by atoms with van der Waals surface area (Å²) in [5.41, 5.74) is 6.68. The van der Waals surface area contributed by atoms with Crippen LogP contribution in [0.5, 0.6) is 0 Å². The summed E-state index contributed by atoms with van der Waals surface area (Å²) in [5.74, 6) is -0.386. The predicted octanol–water partition coefficient (Wildman–Crippen LogP) is 6.05. The van der Waals surface area contributed by atoms with E-state index in [0.29, 0.717) is 42.7 Å². The first kappa shape index (κ1) is 25.2. The van der Waals surface area contributed by atoms with E-state index >= 15 is 0 Å². The molecule has 0 aliphatic heterocycles. The van der Waals surface area contributed by atoms with Gasteiger partial charge in [-0.2, -0.15) is 0 Å². The quantitative estimate of drug-likeness (QED) is 0.319. The van der Waals surface area contributed by atoms with Gasteiger partial charge in [0.2, 0.25) is 0 Å². The van der Waals surface area contributed by atoms with Crippen molar-refractivity contribution >= 4 is 22.7 Å². The molecule has 1 heterocycles. The van der Waals surface area contributed by atoms with Crippen LogP contribution in [0.1, 0.15) is 51.4 Å². The van der Waals surface area contributed by atoms with Crippen molar-refractivity contribution < 1.29 is 14.0 Å². The van der Waals surface area contributed by atoms with Crippen LogP contribution in [0.4, 0.5) is 4.39 Å². The second kappa shape index (κ2) is 10.8. The fourth-order valence-corrected chi connectivity index (χ4v) is 4.67. The number of aromatic nitrogens is 1. The van der Waals surface area contributed by atoms with Crippen LogP contribution in [-0.4, -0.2) is 41.3 Å². The molecule has 2 amide bonds. The van der Waals surface area contributed by atoms with E-state index in [0.717, 1.165) is 33.3 Å². The number of halogens is 1. The molecule has 4 rings (SSSR count). The molecule has 0 fully saturated rings. The molecule has 2 N–H and O–H groups in total. The summed E-state index contributed by atoms with van der Waals surface area (Å²) in [5, 5.41) is 3.87. The van der Waals surface area contributed by atoms with E-state index in [2.05, 4.69) is 10.3 Å². The topological polar surface area (TPSA) is 65.2 Å². The molecule has 0 aliphatic rings. The van der Waals surface area contributed by atoms with Crippen molar-refractivity contribution in [2.75, 3.05) is 19.6 Å². The van der Waals surface area contributed by atoms with Crippen molar-refractivity contribution in [1.29, 1.82) is 0 Å². The van der Waals surface area contributed by atoms with E-state index in [-0.39, 0.29) is 17.6 Å². The van der Waals surface area contributed by atoms with Crippen molar-refractivity contribution in [2.24, 2.45) is 0 Å². The number of benzene rings is 3. The molecule has 6 heteroatoms. The summed E-state index contributed by atoms with van der Waals surface area (Å²) in [6.07, 6.45) is 0.610. The maximum absolute atomic E-state index is 14.2. The number of aromatic amines is 1. The lowest BCUT2D eigenvalue weighted by molar-refractivity contribution is 0.0772. The Kier molecular flexibility index (Phi) is 7.53. The molecule has 0 spiro atoms. The number of rotatable bonds is 8. The number of hydrogen-bond donors (Lipinski definition) is 2. The first-order valence-electron chi connectivity index (χ1n) is 12.4. The second-order valence-electron chi connectivity index (χ2n) is 8.98. The maximum Gasteiger partial charge on any atom is 0.253 e. The minimum atomic E-state index is -0.265. The molecule has 0 bridgehead atoms. The van der Waals surface area contributed by atoms with E-state index in [1.165, 1.54) is 6.07 Å². The molecule has 186 valence electrons. The lowest BCUT2D eigenvalue weighted by Crippen LogP contribution is -2.30. The van der Waals surface area contributed by atoms with E-state index in [9.17, 15) is 14.0 Å². The highest BCUT2D eigenvalue weighted by Gasteiger charge is 2.15.